The standard InChI is InChI=1S/C20H23FN2O5S/c1-28-19(24)16-4-2-15(3-5-16)14-23(18-8-6-17(21)7-9-18)20(25)22-10-12-29(26,27)13-11-22/h2-9,26-27H,10-14H2,1H3. The van der Waals surface area contributed by atoms with Gasteiger partial charge in [0.15, 0.2) is 0 Å². The van der Waals surface area contributed by atoms with Crippen molar-refractivity contribution in [2.45, 2.75) is 6.54 Å². The fraction of sp³-hybridized carbons (Fsp3) is 0.300. The molecule has 0 aliphatic carbocycles. The van der Waals surface area contributed by atoms with E-state index in [1.807, 2.05) is 0 Å². The van der Waals surface area contributed by atoms with Crippen LogP contribution < -0.4 is 4.90 Å². The Morgan fingerprint density at radius 1 is 1.07 bits per heavy atom. The lowest BCUT2D eigenvalue weighted by Gasteiger charge is -2.42. The third-order valence-electron chi connectivity index (χ3n) is 4.73. The van der Waals surface area contributed by atoms with Crippen molar-refractivity contribution in [1.82, 2.24) is 4.90 Å². The summed E-state index contributed by atoms with van der Waals surface area (Å²) in [6.45, 7) is 0.680. The molecule has 0 saturated carbocycles. The summed E-state index contributed by atoms with van der Waals surface area (Å²) in [5.41, 5.74) is 1.69. The van der Waals surface area contributed by atoms with Crippen molar-refractivity contribution in [3.8, 4) is 0 Å². The van der Waals surface area contributed by atoms with E-state index in [-0.39, 0.29) is 37.2 Å². The zero-order chi connectivity index (χ0) is 21.0. The molecule has 2 aromatic rings. The molecule has 0 bridgehead atoms. The predicted octanol–water partition coefficient (Wildman–Crippen LogP) is 3.81. The summed E-state index contributed by atoms with van der Waals surface area (Å²) in [4.78, 5) is 27.8. The van der Waals surface area contributed by atoms with Crippen molar-refractivity contribution in [2.24, 2.45) is 0 Å². The minimum Gasteiger partial charge on any atom is -0.465 e. The number of carbonyl (C=O) groups excluding carboxylic acids is 2. The van der Waals surface area contributed by atoms with Gasteiger partial charge in [-0.05, 0) is 42.0 Å². The Kier molecular flexibility index (Phi) is 6.41. The van der Waals surface area contributed by atoms with Crippen LogP contribution in [0.5, 0.6) is 0 Å². The average molecular weight is 422 g/mol. The number of nitrogens with zero attached hydrogens (tertiary/aromatic N) is 2. The number of rotatable bonds is 4. The van der Waals surface area contributed by atoms with Crippen molar-refractivity contribution >= 4 is 28.3 Å². The molecule has 0 spiro atoms. The molecule has 9 heteroatoms. The van der Waals surface area contributed by atoms with Crippen LogP contribution in [0.15, 0.2) is 48.5 Å². The number of halogens is 1. The highest BCUT2D eigenvalue weighted by Crippen LogP contribution is 2.40. The van der Waals surface area contributed by atoms with Crippen molar-refractivity contribution in [3.05, 3.63) is 65.5 Å². The first-order valence-electron chi connectivity index (χ1n) is 9.02. The number of esters is 1. The van der Waals surface area contributed by atoms with E-state index in [0.717, 1.165) is 5.56 Å². The molecule has 0 atom stereocenters. The van der Waals surface area contributed by atoms with E-state index in [1.54, 1.807) is 29.2 Å². The highest BCUT2D eigenvalue weighted by Gasteiger charge is 2.29. The van der Waals surface area contributed by atoms with Gasteiger partial charge in [-0.1, -0.05) is 12.1 Å². The summed E-state index contributed by atoms with van der Waals surface area (Å²) in [6, 6.07) is 12.0. The quantitative estimate of drug-likeness (QED) is 0.732. The molecule has 2 aromatic carbocycles. The van der Waals surface area contributed by atoms with E-state index < -0.39 is 22.4 Å². The summed E-state index contributed by atoms with van der Waals surface area (Å²) in [5.74, 6) is -0.570. The largest absolute Gasteiger partial charge is 0.465 e. The van der Waals surface area contributed by atoms with Gasteiger partial charge in [0.05, 0.1) is 30.7 Å². The van der Waals surface area contributed by atoms with Crippen molar-refractivity contribution in [2.75, 3.05) is 36.6 Å². The van der Waals surface area contributed by atoms with E-state index in [0.29, 0.717) is 11.3 Å². The molecule has 7 nitrogen and oxygen atoms in total. The number of methoxy groups -OCH3 is 1. The molecular weight excluding hydrogens is 399 g/mol. The first-order valence-corrected chi connectivity index (χ1v) is 10.9. The molecule has 3 rings (SSSR count). The maximum absolute atomic E-state index is 13.4. The van der Waals surface area contributed by atoms with Gasteiger partial charge in [0, 0.05) is 18.8 Å². The zero-order valence-corrected chi connectivity index (χ0v) is 16.8. The van der Waals surface area contributed by atoms with E-state index in [9.17, 15) is 23.1 Å². The highest BCUT2D eigenvalue weighted by molar-refractivity contribution is 8.24. The SMILES string of the molecule is COC(=O)c1ccc(CN(C(=O)N2CCS(O)(O)CC2)c2ccc(F)cc2)cc1. The van der Waals surface area contributed by atoms with Crippen molar-refractivity contribution in [1.29, 1.82) is 0 Å². The van der Waals surface area contributed by atoms with Gasteiger partial charge in [0.1, 0.15) is 5.82 Å². The summed E-state index contributed by atoms with van der Waals surface area (Å²) in [7, 11) is -1.32. The lowest BCUT2D eigenvalue weighted by Crippen LogP contribution is -2.48. The van der Waals surface area contributed by atoms with Crippen LogP contribution in [0.2, 0.25) is 0 Å². The molecule has 156 valence electrons. The van der Waals surface area contributed by atoms with Crippen LogP contribution in [0.3, 0.4) is 0 Å². The second kappa shape index (κ2) is 8.81. The molecule has 0 radical (unpaired) electrons. The molecule has 29 heavy (non-hydrogen) atoms. The maximum Gasteiger partial charge on any atom is 0.337 e. The normalized spacial score (nSPS) is 16.8. The number of ether oxygens (including phenoxy) is 1. The van der Waals surface area contributed by atoms with Crippen LogP contribution >= 0.6 is 10.6 Å². The molecule has 0 aromatic heterocycles. The summed E-state index contributed by atoms with van der Waals surface area (Å²) in [6.07, 6.45) is 0. The van der Waals surface area contributed by atoms with Crippen LogP contribution in [0.1, 0.15) is 15.9 Å². The van der Waals surface area contributed by atoms with Crippen LogP contribution in [-0.2, 0) is 11.3 Å². The van der Waals surface area contributed by atoms with Gasteiger partial charge in [0.25, 0.3) is 0 Å². The Balaban J connectivity index is 1.82. The van der Waals surface area contributed by atoms with Gasteiger partial charge in [0.2, 0.25) is 0 Å². The highest BCUT2D eigenvalue weighted by atomic mass is 32.3. The second-order valence-electron chi connectivity index (χ2n) is 6.73. The van der Waals surface area contributed by atoms with Crippen LogP contribution in [0, 0.1) is 5.82 Å². The van der Waals surface area contributed by atoms with Gasteiger partial charge in [-0.2, -0.15) is 10.6 Å². The lowest BCUT2D eigenvalue weighted by atomic mass is 10.1. The molecule has 1 aliphatic rings. The fourth-order valence-corrected chi connectivity index (χ4v) is 4.26. The smallest absolute Gasteiger partial charge is 0.337 e. The van der Waals surface area contributed by atoms with Gasteiger partial charge in [-0.3, -0.25) is 14.0 Å². The second-order valence-corrected chi connectivity index (χ2v) is 9.15. The van der Waals surface area contributed by atoms with Gasteiger partial charge < -0.3 is 9.64 Å². The molecule has 2 amide bonds. The van der Waals surface area contributed by atoms with E-state index in [2.05, 4.69) is 4.74 Å². The van der Waals surface area contributed by atoms with E-state index in [1.165, 1.54) is 36.3 Å². The number of carbonyl (C=O) groups is 2. The topological polar surface area (TPSA) is 90.3 Å². The minimum absolute atomic E-state index is 0.143. The van der Waals surface area contributed by atoms with Gasteiger partial charge in [-0.25, -0.2) is 14.0 Å². The monoisotopic (exact) mass is 422 g/mol. The predicted molar refractivity (Wildman–Crippen MR) is 110 cm³/mol. The third kappa shape index (κ3) is 5.26. The molecule has 1 fully saturated rings. The van der Waals surface area contributed by atoms with E-state index in [4.69, 9.17) is 0 Å². The Hall–Kier alpha value is -2.62. The van der Waals surface area contributed by atoms with Gasteiger partial charge >= 0.3 is 12.0 Å². The maximum atomic E-state index is 13.4. The number of benzene rings is 2. The molecule has 1 saturated heterocycles. The Labute approximate surface area is 170 Å². The van der Waals surface area contributed by atoms with Crippen molar-refractivity contribution < 1.29 is 27.8 Å². The number of urea groups is 1. The Bertz CT molecular complexity index is 863. The van der Waals surface area contributed by atoms with Gasteiger partial charge in [-0.15, -0.1) is 0 Å². The number of hydrogen-bond donors (Lipinski definition) is 2. The number of amides is 2. The molecule has 1 heterocycles. The molecule has 1 aliphatic heterocycles. The first kappa shape index (κ1) is 21.1. The van der Waals surface area contributed by atoms with Crippen LogP contribution in [0.25, 0.3) is 0 Å². The summed E-state index contributed by atoms with van der Waals surface area (Å²) >= 11 is 0. The minimum atomic E-state index is -2.63. The molecular formula is C20H23FN2O5S. The zero-order valence-electron chi connectivity index (χ0n) is 16.0. The van der Waals surface area contributed by atoms with Crippen molar-refractivity contribution in [3.63, 3.8) is 0 Å². The first-order chi connectivity index (χ1) is 13.8. The fourth-order valence-electron chi connectivity index (χ4n) is 3.03. The molecule has 0 unspecified atom stereocenters. The number of anilines is 1. The Morgan fingerprint density at radius 2 is 1.66 bits per heavy atom. The van der Waals surface area contributed by atoms with Crippen LogP contribution in [-0.4, -0.2) is 57.7 Å². The van der Waals surface area contributed by atoms with E-state index >= 15 is 0 Å². The number of hydrogen-bond acceptors (Lipinski definition) is 5. The summed E-state index contributed by atoms with van der Waals surface area (Å²) < 4.78 is 37.6. The third-order valence-corrected chi connectivity index (χ3v) is 6.40. The Morgan fingerprint density at radius 3 is 2.21 bits per heavy atom. The lowest BCUT2D eigenvalue weighted by molar-refractivity contribution is 0.0600. The summed E-state index contributed by atoms with van der Waals surface area (Å²) in [5, 5.41) is 0. The molecule has 2 N–H and O–H groups in total. The average Bonchev–Trinajstić information content (AvgIpc) is 2.72. The van der Waals surface area contributed by atoms with Crippen LogP contribution in [0.4, 0.5) is 14.9 Å².